The highest BCUT2D eigenvalue weighted by atomic mass is 16.2. The summed E-state index contributed by atoms with van der Waals surface area (Å²) in [6.45, 7) is 2.55. The highest BCUT2D eigenvalue weighted by molar-refractivity contribution is 5.86. The van der Waals surface area contributed by atoms with Crippen LogP contribution in [0.2, 0.25) is 0 Å². The van der Waals surface area contributed by atoms with Gasteiger partial charge in [-0.25, -0.2) is 5.01 Å². The molecule has 1 saturated heterocycles. The van der Waals surface area contributed by atoms with Gasteiger partial charge in [0, 0.05) is 26.2 Å². The van der Waals surface area contributed by atoms with Gasteiger partial charge in [0.2, 0.25) is 5.91 Å². The van der Waals surface area contributed by atoms with Gasteiger partial charge in [0.05, 0.1) is 5.92 Å². The van der Waals surface area contributed by atoms with E-state index in [4.69, 9.17) is 11.1 Å². The SMILES string of the molecule is N=C(N)N1CCN(NC(=O)C(c2ccccc2)c2ccccc2)CC1. The van der Waals surface area contributed by atoms with Gasteiger partial charge in [0.1, 0.15) is 0 Å². The fraction of sp³-hybridized carbons (Fsp3) is 0.263. The molecule has 0 radical (unpaired) electrons. The molecule has 6 nitrogen and oxygen atoms in total. The van der Waals surface area contributed by atoms with E-state index >= 15 is 0 Å². The zero-order chi connectivity index (χ0) is 17.6. The number of hydrogen-bond acceptors (Lipinski definition) is 3. The molecular formula is C19H23N5O. The first-order valence-electron chi connectivity index (χ1n) is 8.39. The number of rotatable bonds is 4. The van der Waals surface area contributed by atoms with E-state index in [0.717, 1.165) is 11.1 Å². The predicted octanol–water partition coefficient (Wildman–Crippen LogP) is 1.36. The largest absolute Gasteiger partial charge is 0.370 e. The first-order chi connectivity index (χ1) is 12.1. The molecule has 1 aliphatic heterocycles. The Morgan fingerprint density at radius 1 is 0.920 bits per heavy atom. The zero-order valence-electron chi connectivity index (χ0n) is 14.1. The van der Waals surface area contributed by atoms with Crippen molar-refractivity contribution in [3.05, 3.63) is 71.8 Å². The molecule has 0 saturated carbocycles. The van der Waals surface area contributed by atoms with Crippen LogP contribution in [0.1, 0.15) is 17.0 Å². The molecule has 0 bridgehead atoms. The fourth-order valence-corrected chi connectivity index (χ4v) is 3.07. The maximum absolute atomic E-state index is 13.0. The number of benzene rings is 2. The smallest absolute Gasteiger partial charge is 0.246 e. The first-order valence-corrected chi connectivity index (χ1v) is 8.39. The molecule has 6 heteroatoms. The summed E-state index contributed by atoms with van der Waals surface area (Å²) in [5.74, 6) is -0.320. The summed E-state index contributed by atoms with van der Waals surface area (Å²) in [4.78, 5) is 14.8. The first kappa shape index (κ1) is 17.0. The van der Waals surface area contributed by atoms with Gasteiger partial charge in [-0.3, -0.25) is 15.6 Å². The van der Waals surface area contributed by atoms with Crippen LogP contribution in [0.25, 0.3) is 0 Å². The monoisotopic (exact) mass is 337 g/mol. The van der Waals surface area contributed by atoms with E-state index in [1.165, 1.54) is 0 Å². The van der Waals surface area contributed by atoms with Crippen LogP contribution in [0, 0.1) is 5.41 Å². The summed E-state index contributed by atoms with van der Waals surface area (Å²) in [5.41, 5.74) is 10.5. The summed E-state index contributed by atoms with van der Waals surface area (Å²) in [5, 5.41) is 9.39. The number of carbonyl (C=O) groups is 1. The van der Waals surface area contributed by atoms with E-state index in [2.05, 4.69) is 5.43 Å². The van der Waals surface area contributed by atoms with Gasteiger partial charge >= 0.3 is 0 Å². The van der Waals surface area contributed by atoms with E-state index in [1.807, 2.05) is 65.7 Å². The minimum atomic E-state index is -0.353. The Kier molecular flexibility index (Phi) is 5.30. The lowest BCUT2D eigenvalue weighted by molar-refractivity contribution is -0.127. The van der Waals surface area contributed by atoms with Crippen molar-refractivity contribution in [2.24, 2.45) is 5.73 Å². The van der Waals surface area contributed by atoms with Crippen molar-refractivity contribution < 1.29 is 4.79 Å². The van der Waals surface area contributed by atoms with Crippen LogP contribution in [-0.4, -0.2) is 48.0 Å². The second-order valence-corrected chi connectivity index (χ2v) is 6.09. The number of carbonyl (C=O) groups excluding carboxylic acids is 1. The Balaban J connectivity index is 1.74. The van der Waals surface area contributed by atoms with E-state index < -0.39 is 0 Å². The Bertz CT molecular complexity index is 672. The summed E-state index contributed by atoms with van der Waals surface area (Å²) in [7, 11) is 0. The third-order valence-corrected chi connectivity index (χ3v) is 4.42. The second-order valence-electron chi connectivity index (χ2n) is 6.09. The quantitative estimate of drug-likeness (QED) is 0.581. The predicted molar refractivity (Wildman–Crippen MR) is 97.9 cm³/mol. The summed E-state index contributed by atoms with van der Waals surface area (Å²) < 4.78 is 0. The maximum Gasteiger partial charge on any atom is 0.246 e. The normalized spacial score (nSPS) is 15.2. The third-order valence-electron chi connectivity index (χ3n) is 4.42. The molecule has 0 unspecified atom stereocenters. The third kappa shape index (κ3) is 4.16. The number of nitrogens with one attached hydrogen (secondary N) is 2. The van der Waals surface area contributed by atoms with Crippen LogP contribution in [0.5, 0.6) is 0 Å². The Labute approximate surface area is 147 Å². The van der Waals surface area contributed by atoms with E-state index in [-0.39, 0.29) is 17.8 Å². The van der Waals surface area contributed by atoms with Crippen molar-refractivity contribution in [1.82, 2.24) is 15.3 Å². The average Bonchev–Trinajstić information content (AvgIpc) is 2.64. The second kappa shape index (κ2) is 7.81. The molecule has 1 heterocycles. The Morgan fingerprint density at radius 2 is 1.40 bits per heavy atom. The van der Waals surface area contributed by atoms with Crippen molar-refractivity contribution in [3.63, 3.8) is 0 Å². The van der Waals surface area contributed by atoms with Crippen LogP contribution in [-0.2, 0) is 4.79 Å². The van der Waals surface area contributed by atoms with E-state index in [1.54, 1.807) is 4.90 Å². The van der Waals surface area contributed by atoms with E-state index in [9.17, 15) is 4.79 Å². The molecule has 1 fully saturated rings. The fourth-order valence-electron chi connectivity index (χ4n) is 3.07. The molecule has 130 valence electrons. The zero-order valence-corrected chi connectivity index (χ0v) is 14.1. The van der Waals surface area contributed by atoms with Gasteiger partial charge in [-0.2, -0.15) is 0 Å². The molecule has 25 heavy (non-hydrogen) atoms. The van der Waals surface area contributed by atoms with Crippen molar-refractivity contribution in [2.75, 3.05) is 26.2 Å². The minimum Gasteiger partial charge on any atom is -0.370 e. The van der Waals surface area contributed by atoms with Gasteiger partial charge in [0.15, 0.2) is 5.96 Å². The lowest BCUT2D eigenvalue weighted by Gasteiger charge is -2.35. The van der Waals surface area contributed by atoms with Crippen molar-refractivity contribution in [1.29, 1.82) is 5.41 Å². The molecule has 2 aromatic rings. The van der Waals surface area contributed by atoms with Crippen LogP contribution in [0.4, 0.5) is 0 Å². The lowest BCUT2D eigenvalue weighted by atomic mass is 9.91. The van der Waals surface area contributed by atoms with Crippen LogP contribution in [0.3, 0.4) is 0 Å². The van der Waals surface area contributed by atoms with Crippen LogP contribution < -0.4 is 11.2 Å². The highest BCUT2D eigenvalue weighted by Crippen LogP contribution is 2.24. The summed E-state index contributed by atoms with van der Waals surface area (Å²) in [6, 6.07) is 19.6. The number of nitrogens with two attached hydrogens (primary N) is 1. The van der Waals surface area contributed by atoms with Gasteiger partial charge in [-0.15, -0.1) is 0 Å². The molecule has 1 aliphatic rings. The average molecular weight is 337 g/mol. The molecule has 2 aromatic carbocycles. The number of amides is 1. The summed E-state index contributed by atoms with van der Waals surface area (Å²) in [6.07, 6.45) is 0. The molecule has 0 aromatic heterocycles. The van der Waals surface area contributed by atoms with Crippen molar-refractivity contribution in [3.8, 4) is 0 Å². The standard InChI is InChI=1S/C19H23N5O/c20-19(21)23-11-13-24(14-12-23)22-18(25)17(15-7-3-1-4-8-15)16-9-5-2-6-10-16/h1-10,17H,11-14H2,(H3,20,21)(H,22,25). The number of hydrogen-bond donors (Lipinski definition) is 3. The number of guanidine groups is 1. The highest BCUT2D eigenvalue weighted by Gasteiger charge is 2.26. The molecular weight excluding hydrogens is 314 g/mol. The van der Waals surface area contributed by atoms with Gasteiger partial charge in [-0.1, -0.05) is 60.7 Å². The Morgan fingerprint density at radius 3 is 1.84 bits per heavy atom. The van der Waals surface area contributed by atoms with Gasteiger partial charge < -0.3 is 10.6 Å². The van der Waals surface area contributed by atoms with Gasteiger partial charge in [0.25, 0.3) is 0 Å². The topological polar surface area (TPSA) is 85.5 Å². The molecule has 0 spiro atoms. The molecule has 1 amide bonds. The summed E-state index contributed by atoms with van der Waals surface area (Å²) >= 11 is 0. The van der Waals surface area contributed by atoms with Crippen molar-refractivity contribution >= 4 is 11.9 Å². The minimum absolute atomic E-state index is 0.0475. The molecule has 4 N–H and O–H groups in total. The Hall–Kier alpha value is -2.86. The van der Waals surface area contributed by atoms with Gasteiger partial charge in [-0.05, 0) is 11.1 Å². The maximum atomic E-state index is 13.0. The molecule has 0 atom stereocenters. The van der Waals surface area contributed by atoms with Crippen LogP contribution in [0.15, 0.2) is 60.7 Å². The number of nitrogens with zero attached hydrogens (tertiary/aromatic N) is 2. The van der Waals surface area contributed by atoms with E-state index in [0.29, 0.717) is 26.2 Å². The number of piperazine rings is 1. The van der Waals surface area contributed by atoms with Crippen LogP contribution >= 0.6 is 0 Å². The van der Waals surface area contributed by atoms with Crippen molar-refractivity contribution in [2.45, 2.75) is 5.92 Å². The molecule has 3 rings (SSSR count). The number of hydrazine groups is 1. The molecule has 0 aliphatic carbocycles. The lowest BCUT2D eigenvalue weighted by Crippen LogP contribution is -2.56.